The standard InChI is InChI=1S/C14H20N2O3/c1-9(2)15-14(19)10(3)16-13(18)8-11-5-4-6-12(17)7-11/h4-7,9-10,17H,8H2,1-3H3,(H,15,19)(H,16,18). The molecule has 1 unspecified atom stereocenters. The average molecular weight is 264 g/mol. The fraction of sp³-hybridized carbons (Fsp3) is 0.429. The summed E-state index contributed by atoms with van der Waals surface area (Å²) in [6.45, 7) is 5.36. The molecule has 0 bridgehead atoms. The number of aromatic hydroxyl groups is 1. The van der Waals surface area contributed by atoms with Crippen LogP contribution in [0.3, 0.4) is 0 Å². The zero-order valence-corrected chi connectivity index (χ0v) is 11.4. The molecule has 0 aliphatic rings. The molecule has 104 valence electrons. The van der Waals surface area contributed by atoms with Gasteiger partial charge in [0.1, 0.15) is 11.8 Å². The van der Waals surface area contributed by atoms with E-state index in [1.807, 2.05) is 13.8 Å². The second-order valence-corrected chi connectivity index (χ2v) is 4.80. The Morgan fingerprint density at radius 3 is 2.47 bits per heavy atom. The van der Waals surface area contributed by atoms with E-state index in [1.165, 1.54) is 6.07 Å². The third kappa shape index (κ3) is 5.42. The molecule has 0 radical (unpaired) electrons. The normalized spacial score (nSPS) is 12.0. The predicted molar refractivity (Wildman–Crippen MR) is 72.7 cm³/mol. The van der Waals surface area contributed by atoms with Crippen molar-refractivity contribution in [1.82, 2.24) is 10.6 Å². The summed E-state index contributed by atoms with van der Waals surface area (Å²) in [5, 5.41) is 14.6. The highest BCUT2D eigenvalue weighted by molar-refractivity contribution is 5.88. The lowest BCUT2D eigenvalue weighted by Gasteiger charge is -2.16. The molecule has 0 fully saturated rings. The van der Waals surface area contributed by atoms with Gasteiger partial charge in [0.25, 0.3) is 0 Å². The van der Waals surface area contributed by atoms with Crippen molar-refractivity contribution in [3.63, 3.8) is 0 Å². The number of carbonyl (C=O) groups is 2. The predicted octanol–water partition coefficient (Wildman–Crippen LogP) is 0.964. The summed E-state index contributed by atoms with van der Waals surface area (Å²) < 4.78 is 0. The topological polar surface area (TPSA) is 78.4 Å². The van der Waals surface area contributed by atoms with Crippen LogP contribution in [0.15, 0.2) is 24.3 Å². The number of benzene rings is 1. The summed E-state index contributed by atoms with van der Waals surface area (Å²) >= 11 is 0. The fourth-order valence-corrected chi connectivity index (χ4v) is 1.62. The number of rotatable bonds is 5. The first-order chi connectivity index (χ1) is 8.88. The van der Waals surface area contributed by atoms with Crippen LogP contribution in [0.2, 0.25) is 0 Å². The van der Waals surface area contributed by atoms with Gasteiger partial charge in [-0.15, -0.1) is 0 Å². The summed E-state index contributed by atoms with van der Waals surface area (Å²) in [5.41, 5.74) is 0.703. The van der Waals surface area contributed by atoms with E-state index in [4.69, 9.17) is 0 Å². The van der Waals surface area contributed by atoms with Crippen LogP contribution < -0.4 is 10.6 Å². The third-order valence-corrected chi connectivity index (χ3v) is 2.48. The van der Waals surface area contributed by atoms with E-state index in [2.05, 4.69) is 10.6 Å². The van der Waals surface area contributed by atoms with Crippen molar-refractivity contribution >= 4 is 11.8 Å². The van der Waals surface area contributed by atoms with Crippen LogP contribution in [0.5, 0.6) is 5.75 Å². The molecule has 3 N–H and O–H groups in total. The molecular weight excluding hydrogens is 244 g/mol. The minimum atomic E-state index is -0.577. The zero-order chi connectivity index (χ0) is 14.4. The van der Waals surface area contributed by atoms with E-state index < -0.39 is 6.04 Å². The van der Waals surface area contributed by atoms with Crippen LogP contribution in [-0.4, -0.2) is 29.0 Å². The van der Waals surface area contributed by atoms with E-state index in [0.29, 0.717) is 5.56 Å². The van der Waals surface area contributed by atoms with Gasteiger partial charge in [0.2, 0.25) is 11.8 Å². The van der Waals surface area contributed by atoms with Crippen molar-refractivity contribution in [3.05, 3.63) is 29.8 Å². The number of hydrogen-bond donors (Lipinski definition) is 3. The van der Waals surface area contributed by atoms with Gasteiger partial charge >= 0.3 is 0 Å². The van der Waals surface area contributed by atoms with Gasteiger partial charge in [-0.3, -0.25) is 9.59 Å². The Balaban J connectivity index is 2.49. The molecule has 1 atom stereocenters. The lowest BCUT2D eigenvalue weighted by molar-refractivity contribution is -0.128. The molecule has 0 spiro atoms. The maximum absolute atomic E-state index is 11.8. The van der Waals surface area contributed by atoms with E-state index in [0.717, 1.165) is 0 Å². The van der Waals surface area contributed by atoms with Crippen molar-refractivity contribution in [1.29, 1.82) is 0 Å². The average Bonchev–Trinajstić information content (AvgIpc) is 2.27. The van der Waals surface area contributed by atoms with Crippen LogP contribution in [-0.2, 0) is 16.0 Å². The molecular formula is C14H20N2O3. The van der Waals surface area contributed by atoms with Gasteiger partial charge < -0.3 is 15.7 Å². The molecule has 1 rings (SSSR count). The summed E-state index contributed by atoms with van der Waals surface area (Å²) in [6.07, 6.45) is 0.133. The Labute approximate surface area is 113 Å². The molecule has 5 heteroatoms. The molecule has 1 aromatic rings. The quantitative estimate of drug-likeness (QED) is 0.741. The van der Waals surface area contributed by atoms with Crippen molar-refractivity contribution < 1.29 is 14.7 Å². The molecule has 0 saturated heterocycles. The minimum Gasteiger partial charge on any atom is -0.508 e. The SMILES string of the molecule is CC(C)NC(=O)C(C)NC(=O)Cc1cccc(O)c1. The first kappa shape index (κ1) is 15.0. The minimum absolute atomic E-state index is 0.0397. The number of nitrogens with one attached hydrogen (secondary N) is 2. The number of phenols is 1. The fourth-order valence-electron chi connectivity index (χ4n) is 1.62. The summed E-state index contributed by atoms with van der Waals surface area (Å²) in [4.78, 5) is 23.4. The number of carbonyl (C=O) groups excluding carboxylic acids is 2. The maximum Gasteiger partial charge on any atom is 0.242 e. The van der Waals surface area contributed by atoms with Gasteiger partial charge in [0.15, 0.2) is 0 Å². The van der Waals surface area contributed by atoms with Crippen molar-refractivity contribution in [2.24, 2.45) is 0 Å². The second kappa shape index (κ2) is 6.78. The summed E-state index contributed by atoms with van der Waals surface area (Å²) in [6, 6.07) is 5.95. The Hall–Kier alpha value is -2.04. The molecule has 0 aromatic heterocycles. The molecule has 5 nitrogen and oxygen atoms in total. The zero-order valence-electron chi connectivity index (χ0n) is 11.4. The first-order valence-corrected chi connectivity index (χ1v) is 6.26. The van der Waals surface area contributed by atoms with E-state index >= 15 is 0 Å². The van der Waals surface area contributed by atoms with Crippen LogP contribution in [0, 0.1) is 0 Å². The van der Waals surface area contributed by atoms with E-state index in [-0.39, 0.29) is 30.0 Å². The highest BCUT2D eigenvalue weighted by Gasteiger charge is 2.16. The van der Waals surface area contributed by atoms with Crippen LogP contribution in [0.1, 0.15) is 26.3 Å². The van der Waals surface area contributed by atoms with E-state index in [1.54, 1.807) is 25.1 Å². The van der Waals surface area contributed by atoms with Crippen LogP contribution >= 0.6 is 0 Å². The van der Waals surface area contributed by atoms with Gasteiger partial charge in [-0.2, -0.15) is 0 Å². The Morgan fingerprint density at radius 1 is 1.21 bits per heavy atom. The van der Waals surface area contributed by atoms with Crippen LogP contribution in [0.25, 0.3) is 0 Å². The first-order valence-electron chi connectivity index (χ1n) is 6.26. The number of amides is 2. The lowest BCUT2D eigenvalue weighted by Crippen LogP contribution is -2.47. The monoisotopic (exact) mass is 264 g/mol. The molecule has 0 aliphatic heterocycles. The van der Waals surface area contributed by atoms with Gasteiger partial charge in [-0.05, 0) is 38.5 Å². The number of phenolic OH excluding ortho intramolecular Hbond substituents is 1. The van der Waals surface area contributed by atoms with Gasteiger partial charge in [-0.1, -0.05) is 12.1 Å². The van der Waals surface area contributed by atoms with Crippen molar-refractivity contribution in [3.8, 4) is 5.75 Å². The van der Waals surface area contributed by atoms with E-state index in [9.17, 15) is 14.7 Å². The van der Waals surface area contributed by atoms with Gasteiger partial charge in [0.05, 0.1) is 6.42 Å². The van der Waals surface area contributed by atoms with Gasteiger partial charge in [-0.25, -0.2) is 0 Å². The largest absolute Gasteiger partial charge is 0.508 e. The van der Waals surface area contributed by atoms with Crippen molar-refractivity contribution in [2.75, 3.05) is 0 Å². The summed E-state index contributed by atoms with van der Waals surface area (Å²) in [7, 11) is 0. The van der Waals surface area contributed by atoms with Crippen molar-refractivity contribution in [2.45, 2.75) is 39.3 Å². The third-order valence-electron chi connectivity index (χ3n) is 2.48. The molecule has 1 aromatic carbocycles. The molecule has 0 aliphatic carbocycles. The highest BCUT2D eigenvalue weighted by Crippen LogP contribution is 2.11. The molecule has 19 heavy (non-hydrogen) atoms. The van der Waals surface area contributed by atoms with Gasteiger partial charge in [0, 0.05) is 6.04 Å². The maximum atomic E-state index is 11.8. The molecule has 0 saturated carbocycles. The number of hydrogen-bond acceptors (Lipinski definition) is 3. The Kier molecular flexibility index (Phi) is 5.36. The molecule has 0 heterocycles. The highest BCUT2D eigenvalue weighted by atomic mass is 16.3. The Morgan fingerprint density at radius 2 is 1.89 bits per heavy atom. The lowest BCUT2D eigenvalue weighted by atomic mass is 10.1. The van der Waals surface area contributed by atoms with Crippen LogP contribution in [0.4, 0.5) is 0 Å². The Bertz CT molecular complexity index is 458. The second-order valence-electron chi connectivity index (χ2n) is 4.80. The molecule has 2 amide bonds. The summed E-state index contributed by atoms with van der Waals surface area (Å²) in [5.74, 6) is -0.341. The smallest absolute Gasteiger partial charge is 0.242 e.